The Morgan fingerprint density at radius 3 is 2.11 bits per heavy atom. The van der Waals surface area contributed by atoms with Crippen molar-refractivity contribution < 1.29 is 8.42 Å². The number of nitrogens with zero attached hydrogens (tertiary/aromatic N) is 5. The number of anilines is 2. The minimum absolute atomic E-state index is 0.174. The van der Waals surface area contributed by atoms with Crippen LogP contribution < -0.4 is 9.62 Å². The number of benzene rings is 2. The number of hydrogen-bond acceptors (Lipinski definition) is 7. The molecule has 1 aliphatic carbocycles. The smallest absolute Gasteiger partial charge is 0.235 e. The standard InChI is InChI=1S/C26H32N6O2S/c1-4-6-12-32(13-7-5-2)22-8-11-24(25(16-22)31-35(33,34)23-9-10-23)29-30-26-20(17-27)14-19(3)15-21(26)18-28/h8,11,14-16,23,31H,4-7,9-10,12-13H2,1-3H3. The van der Waals surface area contributed by atoms with E-state index in [1.165, 1.54) is 0 Å². The SMILES string of the molecule is CCCCN(CCCC)c1ccc(N=Nc2c(C#N)cc(C)cc2C#N)c(NS(=O)(=O)C2CC2)c1. The van der Waals surface area contributed by atoms with E-state index in [2.05, 4.69) is 45.8 Å². The molecule has 0 amide bonds. The maximum atomic E-state index is 12.8. The maximum Gasteiger partial charge on any atom is 0.235 e. The fourth-order valence-electron chi connectivity index (χ4n) is 3.73. The van der Waals surface area contributed by atoms with Gasteiger partial charge in [0.25, 0.3) is 0 Å². The Morgan fingerprint density at radius 2 is 1.60 bits per heavy atom. The zero-order valence-corrected chi connectivity index (χ0v) is 21.4. The lowest BCUT2D eigenvalue weighted by molar-refractivity contribution is 0.600. The Labute approximate surface area is 208 Å². The van der Waals surface area contributed by atoms with E-state index in [4.69, 9.17) is 0 Å². The van der Waals surface area contributed by atoms with Crippen LogP contribution in [0.2, 0.25) is 0 Å². The molecule has 0 aliphatic heterocycles. The van der Waals surface area contributed by atoms with Crippen LogP contribution in [0.1, 0.15) is 69.1 Å². The Morgan fingerprint density at radius 1 is 1.00 bits per heavy atom. The first-order valence-electron chi connectivity index (χ1n) is 12.1. The highest BCUT2D eigenvalue weighted by Crippen LogP contribution is 2.37. The number of rotatable bonds is 12. The van der Waals surface area contributed by atoms with Crippen LogP contribution in [0.15, 0.2) is 40.6 Å². The van der Waals surface area contributed by atoms with Gasteiger partial charge in [-0.05, 0) is 68.5 Å². The van der Waals surface area contributed by atoms with Gasteiger partial charge in [-0.25, -0.2) is 8.42 Å². The van der Waals surface area contributed by atoms with E-state index in [1.807, 2.05) is 12.1 Å². The molecule has 0 unspecified atom stereocenters. The first kappa shape index (κ1) is 26.2. The molecule has 1 fully saturated rings. The van der Waals surface area contributed by atoms with Crippen molar-refractivity contribution in [3.63, 3.8) is 0 Å². The van der Waals surface area contributed by atoms with Gasteiger partial charge in [-0.1, -0.05) is 26.7 Å². The lowest BCUT2D eigenvalue weighted by Crippen LogP contribution is -2.26. The van der Waals surface area contributed by atoms with Gasteiger partial charge in [-0.3, -0.25) is 4.72 Å². The first-order chi connectivity index (χ1) is 16.8. The third kappa shape index (κ3) is 6.80. The Balaban J connectivity index is 2.04. The molecule has 0 radical (unpaired) electrons. The van der Waals surface area contributed by atoms with Crippen LogP contribution in [0.3, 0.4) is 0 Å². The van der Waals surface area contributed by atoms with Crippen LogP contribution in [0, 0.1) is 29.6 Å². The normalized spacial score (nSPS) is 13.4. The van der Waals surface area contributed by atoms with Crippen molar-refractivity contribution in [3.05, 3.63) is 47.0 Å². The van der Waals surface area contributed by atoms with Gasteiger partial charge in [-0.2, -0.15) is 10.5 Å². The van der Waals surface area contributed by atoms with E-state index >= 15 is 0 Å². The predicted octanol–water partition coefficient (Wildman–Crippen LogP) is 6.46. The zero-order chi connectivity index (χ0) is 25.4. The van der Waals surface area contributed by atoms with Crippen molar-refractivity contribution in [2.24, 2.45) is 10.2 Å². The molecule has 0 spiro atoms. The Kier molecular flexibility index (Phi) is 8.84. The summed E-state index contributed by atoms with van der Waals surface area (Å²) in [6.45, 7) is 7.85. The van der Waals surface area contributed by atoms with Crippen molar-refractivity contribution >= 4 is 32.8 Å². The van der Waals surface area contributed by atoms with Crippen molar-refractivity contribution in [1.82, 2.24) is 0 Å². The summed E-state index contributed by atoms with van der Waals surface area (Å²) in [4.78, 5) is 2.27. The molecule has 0 heterocycles. The van der Waals surface area contributed by atoms with Gasteiger partial charge < -0.3 is 4.90 Å². The summed E-state index contributed by atoms with van der Waals surface area (Å²) in [5, 5.41) is 27.1. The van der Waals surface area contributed by atoms with E-state index < -0.39 is 10.0 Å². The van der Waals surface area contributed by atoms with E-state index in [-0.39, 0.29) is 22.1 Å². The summed E-state index contributed by atoms with van der Waals surface area (Å²) >= 11 is 0. The minimum atomic E-state index is -3.53. The fraction of sp³-hybridized carbons (Fsp3) is 0.462. The number of azo groups is 1. The average molecular weight is 493 g/mol. The summed E-state index contributed by atoms with van der Waals surface area (Å²) in [6.07, 6.45) is 5.49. The van der Waals surface area contributed by atoms with Crippen LogP contribution in [0.25, 0.3) is 0 Å². The van der Waals surface area contributed by atoms with Crippen molar-refractivity contribution in [2.75, 3.05) is 22.7 Å². The zero-order valence-electron chi connectivity index (χ0n) is 20.6. The minimum Gasteiger partial charge on any atom is -0.371 e. The Bertz CT molecular complexity index is 1230. The van der Waals surface area contributed by atoms with Gasteiger partial charge in [0.1, 0.15) is 23.5 Å². The molecule has 2 aromatic carbocycles. The highest BCUT2D eigenvalue weighted by atomic mass is 32.2. The highest BCUT2D eigenvalue weighted by Gasteiger charge is 2.36. The molecule has 1 N–H and O–H groups in total. The molecule has 8 nitrogen and oxygen atoms in total. The third-order valence-corrected chi connectivity index (χ3v) is 7.73. The Hall–Kier alpha value is -3.43. The van der Waals surface area contributed by atoms with E-state index in [1.54, 1.807) is 25.1 Å². The van der Waals surface area contributed by atoms with E-state index in [0.29, 0.717) is 24.2 Å². The van der Waals surface area contributed by atoms with Crippen LogP contribution in [0.4, 0.5) is 22.7 Å². The summed E-state index contributed by atoms with van der Waals surface area (Å²) in [6, 6.07) is 12.9. The molecule has 0 saturated heterocycles. The maximum absolute atomic E-state index is 12.8. The van der Waals surface area contributed by atoms with Crippen LogP contribution in [-0.4, -0.2) is 26.8 Å². The number of unbranched alkanes of at least 4 members (excludes halogenated alkanes) is 2. The number of sulfonamides is 1. The van der Waals surface area contributed by atoms with Crippen LogP contribution in [0.5, 0.6) is 0 Å². The second-order valence-electron chi connectivity index (χ2n) is 8.87. The summed E-state index contributed by atoms with van der Waals surface area (Å²) < 4.78 is 28.3. The van der Waals surface area contributed by atoms with Gasteiger partial charge in [0.05, 0.1) is 22.1 Å². The molecule has 35 heavy (non-hydrogen) atoms. The second kappa shape index (κ2) is 11.8. The van der Waals surface area contributed by atoms with Gasteiger partial charge in [-0.15, -0.1) is 10.2 Å². The number of aryl methyl sites for hydroxylation is 1. The molecule has 9 heteroatoms. The molecule has 2 aromatic rings. The highest BCUT2D eigenvalue weighted by molar-refractivity contribution is 7.93. The lowest BCUT2D eigenvalue weighted by atomic mass is 10.1. The molecule has 1 aliphatic rings. The van der Waals surface area contributed by atoms with Crippen molar-refractivity contribution in [2.45, 2.75) is 64.5 Å². The third-order valence-electron chi connectivity index (χ3n) is 5.88. The molecular formula is C26H32N6O2S. The summed E-state index contributed by atoms with van der Waals surface area (Å²) in [5.74, 6) is 0. The number of nitrogens with one attached hydrogen (secondary N) is 1. The average Bonchev–Trinajstić information content (AvgIpc) is 3.69. The van der Waals surface area contributed by atoms with Crippen molar-refractivity contribution in [1.29, 1.82) is 10.5 Å². The van der Waals surface area contributed by atoms with Crippen molar-refractivity contribution in [3.8, 4) is 12.1 Å². The molecule has 3 rings (SSSR count). The monoisotopic (exact) mass is 492 g/mol. The molecule has 0 aromatic heterocycles. The van der Waals surface area contributed by atoms with Gasteiger partial charge in [0.15, 0.2) is 0 Å². The topological polar surface area (TPSA) is 122 Å². The first-order valence-corrected chi connectivity index (χ1v) is 13.6. The molecule has 0 bridgehead atoms. The predicted molar refractivity (Wildman–Crippen MR) is 139 cm³/mol. The van der Waals surface area contributed by atoms with Crippen LogP contribution in [-0.2, 0) is 10.0 Å². The molecule has 0 atom stereocenters. The summed E-state index contributed by atoms with van der Waals surface area (Å²) in [7, 11) is -3.53. The summed E-state index contributed by atoms with van der Waals surface area (Å²) in [5.41, 5.74) is 3.04. The van der Waals surface area contributed by atoms with Gasteiger partial charge >= 0.3 is 0 Å². The van der Waals surface area contributed by atoms with E-state index in [9.17, 15) is 18.9 Å². The van der Waals surface area contributed by atoms with E-state index in [0.717, 1.165) is 50.0 Å². The quantitative estimate of drug-likeness (QED) is 0.340. The molecule has 1 saturated carbocycles. The van der Waals surface area contributed by atoms with Crippen LogP contribution >= 0.6 is 0 Å². The molecule has 184 valence electrons. The van der Waals surface area contributed by atoms with Gasteiger partial charge in [0, 0.05) is 18.8 Å². The molecular weight excluding hydrogens is 460 g/mol. The number of nitriles is 2. The second-order valence-corrected chi connectivity index (χ2v) is 10.8. The lowest BCUT2D eigenvalue weighted by Gasteiger charge is -2.25. The fourth-order valence-corrected chi connectivity index (χ4v) is 5.13. The largest absolute Gasteiger partial charge is 0.371 e. The van der Waals surface area contributed by atoms with Gasteiger partial charge in [0.2, 0.25) is 10.0 Å². The number of hydrogen-bond donors (Lipinski definition) is 1.